The van der Waals surface area contributed by atoms with Gasteiger partial charge in [-0.15, -0.1) is 0 Å². The van der Waals surface area contributed by atoms with Gasteiger partial charge in [-0.05, 0) is 6.92 Å². The summed E-state index contributed by atoms with van der Waals surface area (Å²) in [6, 6.07) is 0. The Kier molecular flexibility index (Phi) is 6.69. The van der Waals surface area contributed by atoms with E-state index < -0.39 is 23.6 Å². The maximum atomic E-state index is 10.3. The van der Waals surface area contributed by atoms with E-state index in [1.54, 1.807) is 0 Å². The fraction of sp³-hybridized carbons (Fsp3) is 0.667. The first-order valence-electron chi connectivity index (χ1n) is 3.17. The highest BCUT2D eigenvalue weighted by molar-refractivity contribution is 7.90. The Labute approximate surface area is 81.4 Å². The first-order chi connectivity index (χ1) is 6.00. The molecular weight excluding hydrogens is 235 g/mol. The topological polar surface area (TPSA) is 187 Å². The van der Waals surface area contributed by atoms with E-state index >= 15 is 0 Å². The molecule has 0 amide bonds. The van der Waals surface area contributed by atoms with Gasteiger partial charge in [0.1, 0.15) is 0 Å². The van der Waals surface area contributed by atoms with Crippen LogP contribution in [-0.2, 0) is 18.7 Å². The third kappa shape index (κ3) is 17.4. The van der Waals surface area contributed by atoms with Crippen LogP contribution in [0.25, 0.3) is 0 Å². The summed E-state index contributed by atoms with van der Waals surface area (Å²) in [5.74, 6) is -0.504. The molecule has 0 saturated heterocycles. The molecule has 0 aliphatic rings. The molecule has 14 heavy (non-hydrogen) atoms. The largest absolute Gasteiger partial charge is 0.766 e. The van der Waals surface area contributed by atoms with Crippen molar-refractivity contribution in [3.8, 4) is 0 Å². The number of hydrogen-bond acceptors (Lipinski definition) is 5. The third-order valence-electron chi connectivity index (χ3n) is 0.571. The van der Waals surface area contributed by atoms with Crippen LogP contribution in [-0.4, -0.2) is 20.1 Å². The molecule has 11 heteroatoms. The Morgan fingerprint density at radius 3 is 1.93 bits per heavy atom. The molecule has 0 aromatic rings. The van der Waals surface area contributed by atoms with Gasteiger partial charge in [-0.25, -0.2) is 3.97 Å². The van der Waals surface area contributed by atoms with Crippen molar-refractivity contribution in [1.82, 2.24) is 0 Å². The van der Waals surface area contributed by atoms with Crippen LogP contribution in [0.5, 0.6) is 0 Å². The Morgan fingerprint density at radius 2 is 1.86 bits per heavy atom. The number of rotatable bonds is 3. The molecule has 1 unspecified atom stereocenters. The van der Waals surface area contributed by atoms with Gasteiger partial charge >= 0.3 is 5.96 Å². The minimum atomic E-state index is -4.64. The predicted octanol–water partition coefficient (Wildman–Crippen LogP) is -4.20. The zero-order valence-electron chi connectivity index (χ0n) is 7.41. The van der Waals surface area contributed by atoms with E-state index in [1.165, 1.54) is 6.92 Å². The van der Waals surface area contributed by atoms with Crippen LogP contribution in [0.3, 0.4) is 0 Å². The normalized spacial score (nSPS) is 14.8. The smallest absolute Gasteiger partial charge is 0.336 e. The maximum Gasteiger partial charge on any atom is 0.336 e. The second-order valence-electron chi connectivity index (χ2n) is 1.96. The summed E-state index contributed by atoms with van der Waals surface area (Å²) in [6.45, 7) is 1.24. The van der Waals surface area contributed by atoms with Gasteiger partial charge in [0.05, 0.1) is 5.75 Å². The van der Waals surface area contributed by atoms with Crippen molar-refractivity contribution < 1.29 is 27.3 Å². The highest BCUT2D eigenvalue weighted by Gasteiger charge is 2.13. The Hall–Kier alpha value is -0.670. The summed E-state index contributed by atoms with van der Waals surface area (Å²) < 4.78 is 34.2. The second kappa shape index (κ2) is 5.94. The van der Waals surface area contributed by atoms with Crippen LogP contribution < -0.4 is 27.3 Å². The fourth-order valence-corrected chi connectivity index (χ4v) is 1.90. The van der Waals surface area contributed by atoms with E-state index in [0.29, 0.717) is 0 Å². The van der Waals surface area contributed by atoms with Gasteiger partial charge in [-0.1, -0.05) is 0 Å². The standard InChI is InChI=1S/C2H8NO5PS.CH5N3/c1-2-10(6,7)8-9(3,4)5;2-1(3)4/h2H2,1H3,(H3,3,4,5);(H5,2,3,4). The molecule has 0 rings (SSSR count). The Bertz CT molecular complexity index is 316. The van der Waals surface area contributed by atoms with Gasteiger partial charge in [-0.2, -0.15) is 8.42 Å². The first kappa shape index (κ1) is 15.8. The van der Waals surface area contributed by atoms with Crippen molar-refractivity contribution >= 4 is 23.8 Å². The molecule has 0 aromatic carbocycles. The van der Waals surface area contributed by atoms with E-state index in [1.807, 2.05) is 0 Å². The van der Waals surface area contributed by atoms with Gasteiger partial charge in [0.2, 0.25) is 7.75 Å². The van der Waals surface area contributed by atoms with E-state index in [0.717, 1.165) is 0 Å². The lowest BCUT2D eigenvalue weighted by Gasteiger charge is -2.15. The van der Waals surface area contributed by atoms with E-state index in [9.17, 15) is 17.9 Å². The molecule has 8 N–H and O–H groups in total. The Balaban J connectivity index is 0. The highest BCUT2D eigenvalue weighted by atomic mass is 32.2. The number of hydrogen-bond donors (Lipinski definition) is 4. The third-order valence-corrected chi connectivity index (χ3v) is 3.02. The molecule has 0 aliphatic carbocycles. The molecule has 86 valence electrons. The van der Waals surface area contributed by atoms with Gasteiger partial charge in [-0.3, -0.25) is 26.9 Å². The summed E-state index contributed by atoms with van der Waals surface area (Å²) in [7, 11) is -8.62. The van der Waals surface area contributed by atoms with Crippen molar-refractivity contribution in [1.29, 1.82) is 0 Å². The van der Waals surface area contributed by atoms with Crippen LogP contribution >= 0.6 is 7.75 Å². The molecule has 1 atom stereocenters. The minimum Gasteiger partial charge on any atom is -0.766 e. The summed E-state index contributed by atoms with van der Waals surface area (Å²) in [6.07, 6.45) is 0. The number of nitrogens with two attached hydrogens (primary N) is 4. The molecule has 0 aromatic heterocycles. The lowest BCUT2D eigenvalue weighted by atomic mass is 11.0. The van der Waals surface area contributed by atoms with Crippen molar-refractivity contribution in [3.05, 3.63) is 0 Å². The molecule has 0 aliphatic heterocycles. The van der Waals surface area contributed by atoms with E-state index in [-0.39, 0.29) is 5.96 Å². The predicted molar refractivity (Wildman–Crippen MR) is 47.6 cm³/mol. The van der Waals surface area contributed by atoms with Crippen LogP contribution in [0.15, 0.2) is 0 Å². The van der Waals surface area contributed by atoms with Crippen molar-refractivity contribution in [3.63, 3.8) is 0 Å². The van der Waals surface area contributed by atoms with E-state index in [2.05, 4.69) is 26.4 Å². The summed E-state index contributed by atoms with van der Waals surface area (Å²) in [4.78, 5) is 10.0. The van der Waals surface area contributed by atoms with Crippen molar-refractivity contribution in [2.45, 2.75) is 6.92 Å². The average molecular weight is 248 g/mol. The quantitative estimate of drug-likeness (QED) is 0.219. The highest BCUT2D eigenvalue weighted by Crippen LogP contribution is 2.28. The van der Waals surface area contributed by atoms with Crippen LogP contribution in [0, 0.1) is 0 Å². The van der Waals surface area contributed by atoms with Gasteiger partial charge in [0.25, 0.3) is 10.1 Å². The van der Waals surface area contributed by atoms with Crippen LogP contribution in [0.1, 0.15) is 6.92 Å². The monoisotopic (exact) mass is 248 g/mol. The molecule has 0 saturated carbocycles. The molecule has 0 radical (unpaired) electrons. The van der Waals surface area contributed by atoms with Gasteiger partial charge in [0, 0.05) is 0 Å². The summed E-state index contributed by atoms with van der Waals surface area (Å²) >= 11 is 0. The maximum absolute atomic E-state index is 10.3. The lowest BCUT2D eigenvalue weighted by Crippen LogP contribution is -2.51. The minimum absolute atomic E-state index is 0.0833. The Morgan fingerprint density at radius 1 is 1.57 bits per heavy atom. The van der Waals surface area contributed by atoms with E-state index in [4.69, 9.17) is 0 Å². The molecular formula is C3H13N4O5PS. The lowest BCUT2D eigenvalue weighted by molar-refractivity contribution is -0.190. The molecule has 0 heterocycles. The van der Waals surface area contributed by atoms with Crippen LogP contribution in [0.2, 0.25) is 0 Å². The molecule has 0 spiro atoms. The SMILES string of the molecule is CCS(=O)(=O)OP(N)(=O)[O-].NC(N)=[NH2+]. The van der Waals surface area contributed by atoms with Gasteiger partial charge in [0.15, 0.2) is 0 Å². The molecule has 9 nitrogen and oxygen atoms in total. The average Bonchev–Trinajstić information content (AvgIpc) is 1.80. The molecule has 0 bridgehead atoms. The van der Waals surface area contributed by atoms with Gasteiger partial charge < -0.3 is 4.89 Å². The molecule has 0 fully saturated rings. The summed E-state index contributed by atoms with van der Waals surface area (Å²) in [5, 5.41) is 4.58. The fourth-order valence-electron chi connectivity index (χ4n) is 0.211. The second-order valence-corrected chi connectivity index (χ2v) is 5.33. The zero-order valence-corrected chi connectivity index (χ0v) is 9.12. The number of guanidine groups is 1. The van der Waals surface area contributed by atoms with Crippen molar-refractivity contribution in [2.75, 3.05) is 5.75 Å². The van der Waals surface area contributed by atoms with Crippen LogP contribution in [0.4, 0.5) is 0 Å². The summed E-state index contributed by atoms with van der Waals surface area (Å²) in [5.41, 5.74) is 13.5. The first-order valence-corrected chi connectivity index (χ1v) is 6.36. The van der Waals surface area contributed by atoms with Crippen molar-refractivity contribution in [2.24, 2.45) is 17.0 Å². The zero-order chi connectivity index (χ0) is 12.0.